The first-order chi connectivity index (χ1) is 8.72. The first kappa shape index (κ1) is 13.1. The molecule has 0 saturated heterocycles. The minimum atomic E-state index is -0.626. The van der Waals surface area contributed by atoms with Gasteiger partial charge in [-0.3, -0.25) is 4.79 Å². The summed E-state index contributed by atoms with van der Waals surface area (Å²) < 4.78 is 0. The Morgan fingerprint density at radius 2 is 2.00 bits per heavy atom. The fraction of sp³-hybridized carbons (Fsp3) is 0.562. The Hall–Kier alpha value is -1.31. The van der Waals surface area contributed by atoms with Crippen molar-refractivity contribution in [2.75, 3.05) is 0 Å². The largest absolute Gasteiger partial charge is 0.481 e. The van der Waals surface area contributed by atoms with Crippen LogP contribution >= 0.6 is 0 Å². The average Bonchev–Trinajstić information content (AvgIpc) is 2.40. The number of hydrogen-bond acceptors (Lipinski definition) is 1. The van der Waals surface area contributed by atoms with E-state index in [-0.39, 0.29) is 11.8 Å². The minimum Gasteiger partial charge on any atom is -0.481 e. The van der Waals surface area contributed by atoms with Crippen LogP contribution in [0.3, 0.4) is 0 Å². The molecule has 1 aliphatic rings. The fourth-order valence-corrected chi connectivity index (χ4v) is 3.29. The normalized spacial score (nSPS) is 27.9. The van der Waals surface area contributed by atoms with E-state index in [0.717, 1.165) is 19.3 Å². The highest BCUT2D eigenvalue weighted by atomic mass is 16.4. The van der Waals surface area contributed by atoms with Crippen molar-refractivity contribution < 1.29 is 9.90 Å². The molecule has 0 heterocycles. The summed E-state index contributed by atoms with van der Waals surface area (Å²) >= 11 is 0. The van der Waals surface area contributed by atoms with Crippen molar-refractivity contribution in [1.82, 2.24) is 0 Å². The van der Waals surface area contributed by atoms with Crippen LogP contribution in [-0.2, 0) is 4.79 Å². The lowest BCUT2D eigenvalue weighted by Crippen LogP contribution is -2.29. The highest BCUT2D eigenvalue weighted by Crippen LogP contribution is 2.42. The zero-order valence-corrected chi connectivity index (χ0v) is 11.0. The molecule has 0 spiro atoms. The summed E-state index contributed by atoms with van der Waals surface area (Å²) in [6.07, 6.45) is 5.38. The van der Waals surface area contributed by atoms with Gasteiger partial charge in [0.05, 0.1) is 5.92 Å². The minimum absolute atomic E-state index is 0.194. The second-order valence-electron chi connectivity index (χ2n) is 5.43. The van der Waals surface area contributed by atoms with Crippen LogP contribution < -0.4 is 0 Å². The van der Waals surface area contributed by atoms with E-state index in [0.29, 0.717) is 5.92 Å². The highest BCUT2D eigenvalue weighted by molar-refractivity contribution is 5.71. The van der Waals surface area contributed by atoms with Gasteiger partial charge in [-0.1, -0.05) is 50.1 Å². The lowest BCUT2D eigenvalue weighted by molar-refractivity contribution is -0.143. The van der Waals surface area contributed by atoms with E-state index in [1.165, 1.54) is 18.4 Å². The fourth-order valence-electron chi connectivity index (χ4n) is 3.29. The van der Waals surface area contributed by atoms with Gasteiger partial charge < -0.3 is 5.11 Å². The molecule has 0 bridgehead atoms. The van der Waals surface area contributed by atoms with Crippen LogP contribution in [0.1, 0.15) is 50.5 Å². The molecular weight excluding hydrogens is 224 g/mol. The Morgan fingerprint density at radius 1 is 1.28 bits per heavy atom. The molecule has 1 fully saturated rings. The van der Waals surface area contributed by atoms with Gasteiger partial charge in [0.1, 0.15) is 0 Å². The third-order valence-electron chi connectivity index (χ3n) is 4.20. The first-order valence-electron chi connectivity index (χ1n) is 7.00. The molecular formula is C16H22O2. The van der Waals surface area contributed by atoms with Crippen LogP contribution in [-0.4, -0.2) is 11.1 Å². The van der Waals surface area contributed by atoms with Gasteiger partial charge in [-0.2, -0.15) is 0 Å². The second kappa shape index (κ2) is 6.03. The van der Waals surface area contributed by atoms with Crippen molar-refractivity contribution in [3.8, 4) is 0 Å². The molecule has 1 saturated carbocycles. The van der Waals surface area contributed by atoms with E-state index in [2.05, 4.69) is 19.1 Å². The number of benzene rings is 1. The van der Waals surface area contributed by atoms with E-state index in [4.69, 9.17) is 0 Å². The third-order valence-corrected chi connectivity index (χ3v) is 4.20. The standard InChI is InChI=1S/C16H22O2/c1-2-6-12-9-10-14(16(17)18)15(11-12)13-7-4-3-5-8-13/h3-5,7-8,12,14-15H,2,6,9-11H2,1H3,(H,17,18). The van der Waals surface area contributed by atoms with E-state index in [1.807, 2.05) is 18.2 Å². The maximum Gasteiger partial charge on any atom is 0.307 e. The Balaban J connectivity index is 2.17. The Bertz CT molecular complexity index is 385. The molecule has 18 heavy (non-hydrogen) atoms. The average molecular weight is 246 g/mol. The zero-order chi connectivity index (χ0) is 13.0. The summed E-state index contributed by atoms with van der Waals surface area (Å²) in [5.74, 6) is 0.0871. The lowest BCUT2D eigenvalue weighted by atomic mass is 9.70. The summed E-state index contributed by atoms with van der Waals surface area (Å²) in [6, 6.07) is 10.2. The van der Waals surface area contributed by atoms with Crippen LogP contribution in [0.5, 0.6) is 0 Å². The quantitative estimate of drug-likeness (QED) is 0.869. The maximum absolute atomic E-state index is 11.4. The molecule has 2 nitrogen and oxygen atoms in total. The molecule has 98 valence electrons. The van der Waals surface area contributed by atoms with Crippen molar-refractivity contribution in [3.05, 3.63) is 35.9 Å². The van der Waals surface area contributed by atoms with Gasteiger partial charge in [-0.25, -0.2) is 0 Å². The monoisotopic (exact) mass is 246 g/mol. The van der Waals surface area contributed by atoms with Crippen molar-refractivity contribution in [3.63, 3.8) is 0 Å². The molecule has 1 aromatic rings. The lowest BCUT2D eigenvalue weighted by Gasteiger charge is -2.34. The molecule has 0 aromatic heterocycles. The van der Waals surface area contributed by atoms with Crippen LogP contribution in [0.4, 0.5) is 0 Å². The molecule has 2 rings (SSSR count). The predicted octanol–water partition coefficient (Wildman–Crippen LogP) is 4.07. The van der Waals surface area contributed by atoms with Gasteiger partial charge >= 0.3 is 5.97 Å². The summed E-state index contributed by atoms with van der Waals surface area (Å²) in [4.78, 5) is 11.4. The number of rotatable bonds is 4. The van der Waals surface area contributed by atoms with Gasteiger partial charge in [0.25, 0.3) is 0 Å². The number of hydrogen-bond donors (Lipinski definition) is 1. The summed E-state index contributed by atoms with van der Waals surface area (Å²) in [5, 5.41) is 9.39. The number of carbonyl (C=O) groups is 1. The molecule has 3 unspecified atom stereocenters. The summed E-state index contributed by atoms with van der Waals surface area (Å²) in [5.41, 5.74) is 1.20. The zero-order valence-electron chi connectivity index (χ0n) is 11.0. The number of carboxylic acid groups (broad SMARTS) is 1. The van der Waals surface area contributed by atoms with Gasteiger partial charge in [-0.05, 0) is 36.7 Å². The molecule has 1 N–H and O–H groups in total. The van der Waals surface area contributed by atoms with E-state index >= 15 is 0 Å². The topological polar surface area (TPSA) is 37.3 Å². The van der Waals surface area contributed by atoms with Gasteiger partial charge in [0.15, 0.2) is 0 Å². The summed E-state index contributed by atoms with van der Waals surface area (Å²) in [6.45, 7) is 2.21. The van der Waals surface area contributed by atoms with E-state index in [9.17, 15) is 9.90 Å². The van der Waals surface area contributed by atoms with Gasteiger partial charge in [0.2, 0.25) is 0 Å². The Morgan fingerprint density at radius 3 is 2.61 bits per heavy atom. The van der Waals surface area contributed by atoms with E-state index < -0.39 is 5.97 Å². The van der Waals surface area contributed by atoms with Crippen LogP contribution in [0.2, 0.25) is 0 Å². The van der Waals surface area contributed by atoms with Crippen molar-refractivity contribution in [2.45, 2.75) is 44.9 Å². The van der Waals surface area contributed by atoms with Gasteiger partial charge in [0, 0.05) is 0 Å². The first-order valence-corrected chi connectivity index (χ1v) is 7.00. The third kappa shape index (κ3) is 2.92. The van der Waals surface area contributed by atoms with Crippen LogP contribution in [0.15, 0.2) is 30.3 Å². The SMILES string of the molecule is CCCC1CCC(C(=O)O)C(c2ccccc2)C1. The second-order valence-corrected chi connectivity index (χ2v) is 5.43. The number of aliphatic carboxylic acids is 1. The van der Waals surface area contributed by atoms with Crippen molar-refractivity contribution in [2.24, 2.45) is 11.8 Å². The smallest absolute Gasteiger partial charge is 0.307 e. The van der Waals surface area contributed by atoms with Crippen molar-refractivity contribution in [1.29, 1.82) is 0 Å². The molecule has 1 aliphatic carbocycles. The van der Waals surface area contributed by atoms with Crippen molar-refractivity contribution >= 4 is 5.97 Å². The highest BCUT2D eigenvalue weighted by Gasteiger charge is 2.35. The molecule has 1 aromatic carbocycles. The molecule has 0 amide bonds. The molecule has 3 atom stereocenters. The maximum atomic E-state index is 11.4. The molecule has 0 radical (unpaired) electrons. The summed E-state index contributed by atoms with van der Waals surface area (Å²) in [7, 11) is 0. The van der Waals surface area contributed by atoms with Gasteiger partial charge in [-0.15, -0.1) is 0 Å². The molecule has 0 aliphatic heterocycles. The van der Waals surface area contributed by atoms with Crippen LogP contribution in [0.25, 0.3) is 0 Å². The molecule has 2 heteroatoms. The van der Waals surface area contributed by atoms with Crippen LogP contribution in [0, 0.1) is 11.8 Å². The Labute approximate surface area is 109 Å². The number of carboxylic acids is 1. The Kier molecular flexibility index (Phi) is 4.40. The predicted molar refractivity (Wildman–Crippen MR) is 72.6 cm³/mol. The van der Waals surface area contributed by atoms with E-state index in [1.54, 1.807) is 0 Å².